The molecule has 1 aromatic carbocycles. The molecule has 0 aliphatic rings. The van der Waals surface area contributed by atoms with Crippen molar-refractivity contribution < 1.29 is 14.3 Å². The van der Waals surface area contributed by atoms with Gasteiger partial charge in [0, 0.05) is 17.8 Å². The van der Waals surface area contributed by atoms with E-state index in [-0.39, 0.29) is 12.3 Å². The molecule has 7 heteroatoms. The van der Waals surface area contributed by atoms with Crippen molar-refractivity contribution in [2.45, 2.75) is 6.42 Å². The average molecular weight is 405 g/mol. The molecule has 3 rings (SSSR count). The van der Waals surface area contributed by atoms with E-state index in [2.05, 4.69) is 26.2 Å². The number of carbonyl (C=O) groups excluding carboxylic acids is 2. The number of pyridine rings is 1. The zero-order valence-electron chi connectivity index (χ0n) is 12.7. The molecular weight excluding hydrogens is 392 g/mol. The van der Waals surface area contributed by atoms with Gasteiger partial charge in [-0.15, -0.1) is 11.3 Å². The van der Waals surface area contributed by atoms with E-state index < -0.39 is 5.97 Å². The molecule has 0 aliphatic heterocycles. The highest BCUT2D eigenvalue weighted by atomic mass is 79.9. The Morgan fingerprint density at radius 1 is 1.29 bits per heavy atom. The molecule has 0 saturated carbocycles. The van der Waals surface area contributed by atoms with E-state index >= 15 is 0 Å². The summed E-state index contributed by atoms with van der Waals surface area (Å²) in [6, 6.07) is 9.46. The van der Waals surface area contributed by atoms with E-state index in [1.807, 2.05) is 24.3 Å². The van der Waals surface area contributed by atoms with E-state index in [0.29, 0.717) is 10.6 Å². The molecular formula is C17H13BrN2O3S. The fourth-order valence-electron chi connectivity index (χ4n) is 2.39. The number of nitrogens with zero attached hydrogens (tertiary/aromatic N) is 1. The third-order valence-corrected chi connectivity index (χ3v) is 5.07. The van der Waals surface area contributed by atoms with Gasteiger partial charge >= 0.3 is 5.97 Å². The van der Waals surface area contributed by atoms with Crippen LogP contribution >= 0.6 is 27.3 Å². The van der Waals surface area contributed by atoms with Crippen LogP contribution in [0.2, 0.25) is 0 Å². The number of benzene rings is 1. The minimum atomic E-state index is -0.479. The lowest BCUT2D eigenvalue weighted by molar-refractivity contribution is -0.115. The molecule has 24 heavy (non-hydrogen) atoms. The topological polar surface area (TPSA) is 68.3 Å². The maximum Gasteiger partial charge on any atom is 0.350 e. The van der Waals surface area contributed by atoms with Crippen molar-refractivity contribution >= 4 is 55.6 Å². The van der Waals surface area contributed by atoms with Crippen molar-refractivity contribution in [3.63, 3.8) is 0 Å². The number of carbonyl (C=O) groups is 2. The van der Waals surface area contributed by atoms with Crippen molar-refractivity contribution in [1.82, 2.24) is 4.98 Å². The summed E-state index contributed by atoms with van der Waals surface area (Å²) in [5.41, 5.74) is 1.27. The van der Waals surface area contributed by atoms with Crippen LogP contribution in [0, 0.1) is 0 Å². The summed E-state index contributed by atoms with van der Waals surface area (Å²) in [6.45, 7) is 0. The van der Waals surface area contributed by atoms with Crippen molar-refractivity contribution in [3.8, 4) is 0 Å². The zero-order chi connectivity index (χ0) is 17.1. The second-order valence-electron chi connectivity index (χ2n) is 5.03. The molecule has 0 radical (unpaired) electrons. The number of rotatable bonds is 4. The summed E-state index contributed by atoms with van der Waals surface area (Å²) in [5.74, 6) is -0.698. The molecule has 0 fully saturated rings. The zero-order valence-corrected chi connectivity index (χ0v) is 15.1. The molecule has 0 unspecified atom stereocenters. The number of anilines is 1. The number of nitrogens with one attached hydrogen (secondary N) is 1. The van der Waals surface area contributed by atoms with Gasteiger partial charge in [-0.3, -0.25) is 9.78 Å². The lowest BCUT2D eigenvalue weighted by Crippen LogP contribution is -2.16. The number of methoxy groups -OCH3 is 1. The molecule has 0 spiro atoms. The third-order valence-electron chi connectivity index (χ3n) is 3.45. The molecule has 2 heterocycles. The Morgan fingerprint density at radius 3 is 2.88 bits per heavy atom. The Labute approximate surface area is 150 Å². The normalized spacial score (nSPS) is 10.6. The molecule has 0 saturated heterocycles. The number of aromatic nitrogens is 1. The quantitative estimate of drug-likeness (QED) is 0.666. The van der Waals surface area contributed by atoms with Crippen LogP contribution in [0.25, 0.3) is 10.8 Å². The van der Waals surface area contributed by atoms with Gasteiger partial charge in [-0.1, -0.05) is 24.3 Å². The van der Waals surface area contributed by atoms with Crippen molar-refractivity contribution in [1.29, 1.82) is 0 Å². The van der Waals surface area contributed by atoms with Crippen molar-refractivity contribution in [3.05, 3.63) is 57.0 Å². The largest absolute Gasteiger partial charge is 0.465 e. The second-order valence-corrected chi connectivity index (χ2v) is 7.46. The number of thiophene rings is 1. The first kappa shape index (κ1) is 16.6. The van der Waals surface area contributed by atoms with Crippen molar-refractivity contribution in [2.75, 3.05) is 12.4 Å². The van der Waals surface area contributed by atoms with E-state index in [0.717, 1.165) is 20.1 Å². The third kappa shape index (κ3) is 3.47. The average Bonchev–Trinajstić information content (AvgIpc) is 2.94. The Balaban J connectivity index is 1.82. The maximum atomic E-state index is 12.4. The lowest BCUT2D eigenvalue weighted by atomic mass is 10.1. The van der Waals surface area contributed by atoms with Gasteiger partial charge in [0.25, 0.3) is 0 Å². The molecule has 0 bridgehead atoms. The van der Waals surface area contributed by atoms with Crippen LogP contribution in [0.4, 0.5) is 5.69 Å². The first-order valence-corrected chi connectivity index (χ1v) is 8.68. The van der Waals surface area contributed by atoms with Gasteiger partial charge < -0.3 is 10.1 Å². The SMILES string of the molecule is COC(=O)c1sc(Br)cc1NC(=O)Cc1cncc2ccccc12. The van der Waals surface area contributed by atoms with Gasteiger partial charge in [-0.05, 0) is 32.9 Å². The summed E-state index contributed by atoms with van der Waals surface area (Å²) < 4.78 is 5.48. The van der Waals surface area contributed by atoms with Gasteiger partial charge in [0.1, 0.15) is 4.88 Å². The molecule has 1 amide bonds. The fraction of sp³-hybridized carbons (Fsp3) is 0.118. The second kappa shape index (κ2) is 7.11. The van der Waals surface area contributed by atoms with E-state index in [1.54, 1.807) is 18.5 Å². The first-order valence-electron chi connectivity index (χ1n) is 7.07. The number of hydrogen-bond acceptors (Lipinski definition) is 5. The Bertz CT molecular complexity index is 918. The summed E-state index contributed by atoms with van der Waals surface area (Å²) in [4.78, 5) is 28.7. The molecule has 0 atom stereocenters. The smallest absolute Gasteiger partial charge is 0.350 e. The van der Waals surface area contributed by atoms with Gasteiger partial charge in [0.05, 0.1) is 23.0 Å². The van der Waals surface area contributed by atoms with Crippen molar-refractivity contribution in [2.24, 2.45) is 0 Å². The highest BCUT2D eigenvalue weighted by molar-refractivity contribution is 9.11. The summed E-state index contributed by atoms with van der Waals surface area (Å²) in [5, 5.41) is 4.74. The van der Waals surface area contributed by atoms with Gasteiger partial charge in [-0.25, -0.2) is 4.79 Å². The molecule has 1 N–H and O–H groups in total. The number of fused-ring (bicyclic) bond motifs is 1. The van der Waals surface area contributed by atoms with E-state index in [1.165, 1.54) is 18.4 Å². The van der Waals surface area contributed by atoms with Gasteiger partial charge in [0.2, 0.25) is 5.91 Å². The van der Waals surface area contributed by atoms with Gasteiger partial charge in [-0.2, -0.15) is 0 Å². The minimum absolute atomic E-state index is 0.169. The summed E-state index contributed by atoms with van der Waals surface area (Å²) >= 11 is 4.53. The Hall–Kier alpha value is -2.25. The molecule has 2 aromatic heterocycles. The van der Waals surface area contributed by atoms with Crippen LogP contribution < -0.4 is 5.32 Å². The van der Waals surface area contributed by atoms with Gasteiger partial charge in [0.15, 0.2) is 0 Å². The number of hydrogen-bond donors (Lipinski definition) is 1. The van der Waals surface area contributed by atoms with Crippen LogP contribution in [-0.2, 0) is 16.0 Å². The van der Waals surface area contributed by atoms with Crippen LogP contribution in [0.1, 0.15) is 15.2 Å². The number of halogens is 1. The molecule has 122 valence electrons. The molecule has 3 aromatic rings. The highest BCUT2D eigenvalue weighted by Gasteiger charge is 2.18. The standard InChI is InChI=1S/C17H13BrN2O3S/c1-23-17(22)16-13(7-14(18)24-16)20-15(21)6-11-9-19-8-10-4-2-3-5-12(10)11/h2-5,7-9H,6H2,1H3,(H,20,21). The first-order chi connectivity index (χ1) is 11.6. The van der Waals surface area contributed by atoms with Crippen LogP contribution in [0.15, 0.2) is 46.5 Å². The monoisotopic (exact) mass is 404 g/mol. The molecule has 5 nitrogen and oxygen atoms in total. The van der Waals surface area contributed by atoms with E-state index in [4.69, 9.17) is 4.74 Å². The maximum absolute atomic E-state index is 12.4. The number of ether oxygens (including phenoxy) is 1. The lowest BCUT2D eigenvalue weighted by Gasteiger charge is -2.07. The Kier molecular flexibility index (Phi) is 4.92. The predicted molar refractivity (Wildman–Crippen MR) is 97.4 cm³/mol. The molecule has 0 aliphatic carbocycles. The highest BCUT2D eigenvalue weighted by Crippen LogP contribution is 2.32. The van der Waals surface area contributed by atoms with Crippen LogP contribution in [0.5, 0.6) is 0 Å². The number of amides is 1. The number of esters is 1. The van der Waals surface area contributed by atoms with E-state index in [9.17, 15) is 9.59 Å². The Morgan fingerprint density at radius 2 is 2.08 bits per heavy atom. The summed E-state index contributed by atoms with van der Waals surface area (Å²) in [7, 11) is 1.31. The van der Waals surface area contributed by atoms with Crippen LogP contribution in [0.3, 0.4) is 0 Å². The fourth-order valence-corrected chi connectivity index (χ4v) is 3.86. The predicted octanol–water partition coefficient (Wildman–Crippen LogP) is 4.03. The summed E-state index contributed by atoms with van der Waals surface area (Å²) in [6.07, 6.45) is 3.62. The minimum Gasteiger partial charge on any atom is -0.465 e. The van der Waals surface area contributed by atoms with Crippen LogP contribution in [-0.4, -0.2) is 24.0 Å².